The highest BCUT2D eigenvalue weighted by atomic mass is 16.5. The fourth-order valence-corrected chi connectivity index (χ4v) is 3.33. The first kappa shape index (κ1) is 18.9. The molecule has 0 aromatic carbocycles. The highest BCUT2D eigenvalue weighted by Crippen LogP contribution is 2.31. The predicted octanol–water partition coefficient (Wildman–Crippen LogP) is 3.40. The van der Waals surface area contributed by atoms with Gasteiger partial charge in [-0.15, -0.1) is 0 Å². The molecule has 1 fully saturated rings. The Bertz CT molecular complexity index is 260. The van der Waals surface area contributed by atoms with Crippen molar-refractivity contribution in [2.24, 2.45) is 17.3 Å². The van der Waals surface area contributed by atoms with Crippen LogP contribution in [0.15, 0.2) is 0 Å². The van der Waals surface area contributed by atoms with Gasteiger partial charge >= 0.3 is 0 Å². The van der Waals surface area contributed by atoms with Crippen LogP contribution in [0.5, 0.6) is 0 Å². The minimum absolute atomic E-state index is 0.395. The first-order chi connectivity index (χ1) is 9.83. The Labute approximate surface area is 132 Å². The van der Waals surface area contributed by atoms with Crippen LogP contribution < -0.4 is 5.32 Å². The summed E-state index contributed by atoms with van der Waals surface area (Å²) in [5, 5.41) is 3.69. The molecule has 0 aromatic heterocycles. The molecule has 0 saturated carbocycles. The van der Waals surface area contributed by atoms with Gasteiger partial charge in [0, 0.05) is 45.4 Å². The molecule has 3 nitrogen and oxygen atoms in total. The molecule has 0 unspecified atom stereocenters. The van der Waals surface area contributed by atoms with E-state index in [9.17, 15) is 0 Å². The Morgan fingerprint density at radius 1 is 0.952 bits per heavy atom. The number of nitrogens with one attached hydrogen (secondary N) is 1. The number of hydrogen-bond donors (Lipinski definition) is 1. The minimum Gasteiger partial charge on any atom is -0.381 e. The van der Waals surface area contributed by atoms with Crippen LogP contribution in [0.4, 0.5) is 0 Å². The zero-order valence-corrected chi connectivity index (χ0v) is 15.2. The van der Waals surface area contributed by atoms with E-state index in [-0.39, 0.29) is 0 Å². The van der Waals surface area contributed by atoms with Crippen LogP contribution in [0, 0.1) is 17.3 Å². The van der Waals surface area contributed by atoms with Gasteiger partial charge in [0.2, 0.25) is 0 Å². The zero-order chi connectivity index (χ0) is 15.9. The van der Waals surface area contributed by atoms with Gasteiger partial charge in [0.15, 0.2) is 0 Å². The lowest BCUT2D eigenvalue weighted by Gasteiger charge is -2.42. The molecule has 3 heteroatoms. The Kier molecular flexibility index (Phi) is 8.22. The van der Waals surface area contributed by atoms with Crippen molar-refractivity contribution in [2.75, 3.05) is 39.4 Å². The van der Waals surface area contributed by atoms with Crippen molar-refractivity contribution in [3.8, 4) is 0 Å². The van der Waals surface area contributed by atoms with Gasteiger partial charge in [0.05, 0.1) is 0 Å². The van der Waals surface area contributed by atoms with Gasteiger partial charge in [0.1, 0.15) is 0 Å². The van der Waals surface area contributed by atoms with E-state index >= 15 is 0 Å². The quantitative estimate of drug-likeness (QED) is 0.706. The third kappa shape index (κ3) is 7.62. The average Bonchev–Trinajstić information content (AvgIpc) is 2.36. The highest BCUT2D eigenvalue weighted by molar-refractivity contribution is 4.88. The van der Waals surface area contributed by atoms with Gasteiger partial charge in [-0.05, 0) is 30.1 Å². The van der Waals surface area contributed by atoms with E-state index in [4.69, 9.17) is 4.74 Å². The summed E-state index contributed by atoms with van der Waals surface area (Å²) < 4.78 is 5.63. The first-order valence-electron chi connectivity index (χ1n) is 8.86. The number of rotatable bonds is 9. The van der Waals surface area contributed by atoms with Crippen molar-refractivity contribution in [1.29, 1.82) is 0 Å². The lowest BCUT2D eigenvalue weighted by molar-refractivity contribution is -0.00861. The van der Waals surface area contributed by atoms with E-state index in [0.717, 1.165) is 31.6 Å². The molecule has 1 heterocycles. The van der Waals surface area contributed by atoms with E-state index < -0.39 is 0 Å². The smallest absolute Gasteiger partial charge is 0.0472 e. The molecule has 0 radical (unpaired) electrons. The summed E-state index contributed by atoms with van der Waals surface area (Å²) >= 11 is 0. The molecule has 0 bridgehead atoms. The van der Waals surface area contributed by atoms with Crippen LogP contribution in [-0.4, -0.2) is 50.3 Å². The second-order valence-corrected chi connectivity index (χ2v) is 8.13. The second kappa shape index (κ2) is 9.12. The third-order valence-corrected chi connectivity index (χ3v) is 4.24. The summed E-state index contributed by atoms with van der Waals surface area (Å²) in [6, 6.07) is 0.563. The van der Waals surface area contributed by atoms with Gasteiger partial charge in [0.25, 0.3) is 0 Å². The molecule has 0 aromatic rings. The van der Waals surface area contributed by atoms with E-state index in [0.29, 0.717) is 11.5 Å². The lowest BCUT2D eigenvalue weighted by Crippen LogP contribution is -2.49. The third-order valence-electron chi connectivity index (χ3n) is 4.24. The molecule has 1 aliphatic heterocycles. The highest BCUT2D eigenvalue weighted by Gasteiger charge is 2.34. The summed E-state index contributed by atoms with van der Waals surface area (Å²) in [7, 11) is 0. The number of hydrogen-bond acceptors (Lipinski definition) is 3. The second-order valence-electron chi connectivity index (χ2n) is 8.13. The van der Waals surface area contributed by atoms with Gasteiger partial charge in [-0.2, -0.15) is 0 Å². The SMILES string of the molecule is CC(C)CN(CC(C)C)CC1(CNC(C)C)CCOCC1. The molecule has 21 heavy (non-hydrogen) atoms. The predicted molar refractivity (Wildman–Crippen MR) is 91.7 cm³/mol. The van der Waals surface area contributed by atoms with E-state index in [1.54, 1.807) is 0 Å². The molecule has 1 N–H and O–H groups in total. The topological polar surface area (TPSA) is 24.5 Å². The van der Waals surface area contributed by atoms with E-state index in [1.807, 2.05) is 0 Å². The van der Waals surface area contributed by atoms with Crippen molar-refractivity contribution >= 4 is 0 Å². The largest absolute Gasteiger partial charge is 0.381 e. The van der Waals surface area contributed by atoms with Crippen molar-refractivity contribution in [3.05, 3.63) is 0 Å². The Balaban J connectivity index is 2.70. The van der Waals surface area contributed by atoms with Gasteiger partial charge in [-0.25, -0.2) is 0 Å². The fraction of sp³-hybridized carbons (Fsp3) is 1.00. The van der Waals surface area contributed by atoms with Crippen LogP contribution in [0.1, 0.15) is 54.4 Å². The summed E-state index contributed by atoms with van der Waals surface area (Å²) in [5.41, 5.74) is 0.395. The zero-order valence-electron chi connectivity index (χ0n) is 15.2. The van der Waals surface area contributed by atoms with Gasteiger partial charge in [-0.1, -0.05) is 41.5 Å². The van der Waals surface area contributed by atoms with E-state index in [1.165, 1.54) is 32.5 Å². The molecule has 1 rings (SSSR count). The lowest BCUT2D eigenvalue weighted by atomic mass is 9.79. The molecule has 0 amide bonds. The standard InChI is InChI=1S/C18H38N2O/c1-15(2)11-20(12-16(3)4)14-18(13-19-17(5)6)7-9-21-10-8-18/h15-17,19H,7-14H2,1-6H3. The van der Waals surface area contributed by atoms with E-state index in [2.05, 4.69) is 51.8 Å². The van der Waals surface area contributed by atoms with Crippen molar-refractivity contribution in [2.45, 2.75) is 60.4 Å². The van der Waals surface area contributed by atoms with Crippen LogP contribution in [-0.2, 0) is 4.74 Å². The van der Waals surface area contributed by atoms with Crippen molar-refractivity contribution < 1.29 is 4.74 Å². The molecule has 0 spiro atoms. The summed E-state index contributed by atoms with van der Waals surface area (Å²) in [4.78, 5) is 2.70. The molecule has 126 valence electrons. The first-order valence-corrected chi connectivity index (χ1v) is 8.86. The van der Waals surface area contributed by atoms with Crippen molar-refractivity contribution in [1.82, 2.24) is 10.2 Å². The number of nitrogens with zero attached hydrogens (tertiary/aromatic N) is 1. The minimum atomic E-state index is 0.395. The van der Waals surface area contributed by atoms with Crippen molar-refractivity contribution in [3.63, 3.8) is 0 Å². The maximum Gasteiger partial charge on any atom is 0.0472 e. The maximum absolute atomic E-state index is 5.63. The molecule has 0 aliphatic carbocycles. The van der Waals surface area contributed by atoms with Crippen LogP contribution in [0.3, 0.4) is 0 Å². The number of ether oxygens (including phenoxy) is 1. The summed E-state index contributed by atoms with van der Waals surface area (Å²) in [6.45, 7) is 20.4. The molecule has 0 atom stereocenters. The Hall–Kier alpha value is -0.120. The van der Waals surface area contributed by atoms with Crippen LogP contribution in [0.25, 0.3) is 0 Å². The summed E-state index contributed by atoms with van der Waals surface area (Å²) in [5.74, 6) is 1.47. The van der Waals surface area contributed by atoms with Gasteiger partial charge in [-0.3, -0.25) is 0 Å². The average molecular weight is 299 g/mol. The molecular weight excluding hydrogens is 260 g/mol. The monoisotopic (exact) mass is 298 g/mol. The molecule has 1 saturated heterocycles. The Morgan fingerprint density at radius 2 is 1.48 bits per heavy atom. The van der Waals surface area contributed by atoms with Crippen LogP contribution >= 0.6 is 0 Å². The van der Waals surface area contributed by atoms with Crippen LogP contribution in [0.2, 0.25) is 0 Å². The summed E-state index contributed by atoms with van der Waals surface area (Å²) in [6.07, 6.45) is 2.39. The Morgan fingerprint density at radius 3 is 1.90 bits per heavy atom. The molecule has 1 aliphatic rings. The normalized spacial score (nSPS) is 19.1. The maximum atomic E-state index is 5.63. The fourth-order valence-electron chi connectivity index (χ4n) is 3.33. The molecular formula is C18H38N2O. The van der Waals surface area contributed by atoms with Gasteiger partial charge < -0.3 is 15.0 Å².